The highest BCUT2D eigenvalue weighted by molar-refractivity contribution is 6.07. The second-order valence-electron chi connectivity index (χ2n) is 9.13. The van der Waals surface area contributed by atoms with E-state index in [0.717, 1.165) is 16.8 Å². The molecular formula is C27H32N2O2. The average Bonchev–Trinajstić information content (AvgIpc) is 3.07. The Morgan fingerprint density at radius 1 is 0.871 bits per heavy atom. The molecule has 2 N–H and O–H groups in total. The van der Waals surface area contributed by atoms with Gasteiger partial charge in [-0.3, -0.25) is 0 Å². The maximum atomic E-state index is 10.6. The summed E-state index contributed by atoms with van der Waals surface area (Å²) in [7, 11) is 0. The summed E-state index contributed by atoms with van der Waals surface area (Å²) in [6.07, 6.45) is -0.481. The monoisotopic (exact) mass is 416 g/mol. The summed E-state index contributed by atoms with van der Waals surface area (Å²) < 4.78 is 8.04. The highest BCUT2D eigenvalue weighted by atomic mass is 16.5. The lowest BCUT2D eigenvalue weighted by Crippen LogP contribution is -2.32. The SMILES string of the molecule is CC(C)(C)c1ccc(OCCNC[C@@H](O)Cn2c3ccccc3c3ccccc32)cc1. The first-order valence-electron chi connectivity index (χ1n) is 11.0. The molecule has 0 bridgehead atoms. The summed E-state index contributed by atoms with van der Waals surface area (Å²) in [4.78, 5) is 0. The van der Waals surface area contributed by atoms with Crippen molar-refractivity contribution in [3.63, 3.8) is 0 Å². The number of nitrogens with one attached hydrogen (secondary N) is 1. The van der Waals surface area contributed by atoms with Gasteiger partial charge in [0.1, 0.15) is 12.4 Å². The zero-order chi connectivity index (χ0) is 21.8. The second-order valence-corrected chi connectivity index (χ2v) is 9.13. The van der Waals surface area contributed by atoms with Gasteiger partial charge in [-0.15, -0.1) is 0 Å². The van der Waals surface area contributed by atoms with E-state index >= 15 is 0 Å². The van der Waals surface area contributed by atoms with Gasteiger partial charge < -0.3 is 19.7 Å². The molecule has 1 aromatic heterocycles. The molecule has 4 nitrogen and oxygen atoms in total. The molecule has 0 fully saturated rings. The highest BCUT2D eigenvalue weighted by Crippen LogP contribution is 2.29. The van der Waals surface area contributed by atoms with Crippen molar-refractivity contribution in [1.82, 2.24) is 9.88 Å². The van der Waals surface area contributed by atoms with E-state index in [2.05, 4.69) is 79.2 Å². The minimum absolute atomic E-state index is 0.145. The third-order valence-corrected chi connectivity index (χ3v) is 5.72. The number of rotatable bonds is 8. The Bertz CT molecular complexity index is 1090. The maximum Gasteiger partial charge on any atom is 0.119 e. The first-order valence-corrected chi connectivity index (χ1v) is 11.0. The van der Waals surface area contributed by atoms with Crippen LogP contribution in [-0.4, -0.2) is 35.5 Å². The van der Waals surface area contributed by atoms with Crippen molar-refractivity contribution in [1.29, 1.82) is 0 Å². The zero-order valence-electron chi connectivity index (χ0n) is 18.6. The lowest BCUT2D eigenvalue weighted by Gasteiger charge is -2.19. The summed E-state index contributed by atoms with van der Waals surface area (Å²) in [5.74, 6) is 0.876. The number of benzene rings is 3. The van der Waals surface area contributed by atoms with Crippen LogP contribution in [0.15, 0.2) is 72.8 Å². The van der Waals surface area contributed by atoms with Crippen LogP contribution in [0.1, 0.15) is 26.3 Å². The summed E-state index contributed by atoms with van der Waals surface area (Å²) >= 11 is 0. The Kier molecular flexibility index (Phi) is 6.30. The summed E-state index contributed by atoms with van der Waals surface area (Å²) in [5.41, 5.74) is 3.76. The van der Waals surface area contributed by atoms with E-state index in [1.54, 1.807) is 0 Å². The standard InChI is InChI=1S/C27H32N2O2/c1-27(2,3)20-12-14-22(15-13-20)31-17-16-28-18-21(30)19-29-25-10-6-4-8-23(25)24-9-5-7-11-26(24)29/h4-15,21,28,30H,16-19H2,1-3H3/t21-/m1/s1. The lowest BCUT2D eigenvalue weighted by molar-refractivity contribution is 0.152. The Hall–Kier alpha value is -2.82. The largest absolute Gasteiger partial charge is 0.492 e. The predicted octanol–water partition coefficient (Wildman–Crippen LogP) is 5.12. The van der Waals surface area contributed by atoms with E-state index < -0.39 is 6.10 Å². The molecule has 31 heavy (non-hydrogen) atoms. The topological polar surface area (TPSA) is 46.4 Å². The molecule has 0 saturated heterocycles. The van der Waals surface area contributed by atoms with Crippen LogP contribution in [0.2, 0.25) is 0 Å². The van der Waals surface area contributed by atoms with Crippen molar-refractivity contribution in [3.05, 3.63) is 78.4 Å². The molecule has 0 aliphatic rings. The first-order chi connectivity index (χ1) is 14.9. The molecule has 1 heterocycles. The fourth-order valence-corrected chi connectivity index (χ4v) is 4.04. The quantitative estimate of drug-likeness (QED) is 0.392. The molecule has 0 radical (unpaired) electrons. The van der Waals surface area contributed by atoms with E-state index in [4.69, 9.17) is 4.74 Å². The van der Waals surface area contributed by atoms with E-state index in [-0.39, 0.29) is 5.41 Å². The van der Waals surface area contributed by atoms with Gasteiger partial charge in [0.25, 0.3) is 0 Å². The smallest absolute Gasteiger partial charge is 0.119 e. The Labute approximate surface area is 184 Å². The molecular weight excluding hydrogens is 384 g/mol. The Balaban J connectivity index is 1.29. The van der Waals surface area contributed by atoms with Crippen molar-refractivity contribution in [2.75, 3.05) is 19.7 Å². The molecule has 1 atom stereocenters. The fraction of sp³-hybridized carbons (Fsp3) is 0.333. The van der Waals surface area contributed by atoms with E-state index in [1.165, 1.54) is 16.3 Å². The van der Waals surface area contributed by atoms with Crippen molar-refractivity contribution in [2.45, 2.75) is 38.8 Å². The van der Waals surface area contributed by atoms with Crippen molar-refractivity contribution >= 4 is 21.8 Å². The van der Waals surface area contributed by atoms with Crippen LogP contribution in [0.25, 0.3) is 21.8 Å². The minimum Gasteiger partial charge on any atom is -0.492 e. The van der Waals surface area contributed by atoms with Gasteiger partial charge in [-0.05, 0) is 35.2 Å². The molecule has 4 heteroatoms. The average molecular weight is 417 g/mol. The molecule has 0 aliphatic carbocycles. The van der Waals surface area contributed by atoms with Crippen LogP contribution < -0.4 is 10.1 Å². The minimum atomic E-state index is -0.481. The molecule has 3 aromatic carbocycles. The van der Waals surface area contributed by atoms with Crippen LogP contribution in [-0.2, 0) is 12.0 Å². The Morgan fingerprint density at radius 3 is 2.03 bits per heavy atom. The number of para-hydroxylation sites is 2. The van der Waals surface area contributed by atoms with E-state index in [9.17, 15) is 5.11 Å². The van der Waals surface area contributed by atoms with Gasteiger partial charge in [0.15, 0.2) is 0 Å². The highest BCUT2D eigenvalue weighted by Gasteiger charge is 2.14. The van der Waals surface area contributed by atoms with Crippen LogP contribution >= 0.6 is 0 Å². The molecule has 162 valence electrons. The summed E-state index contributed by atoms with van der Waals surface area (Å²) in [6.45, 7) is 8.94. The number of aliphatic hydroxyl groups is 1. The van der Waals surface area contributed by atoms with Gasteiger partial charge in [-0.2, -0.15) is 0 Å². The van der Waals surface area contributed by atoms with Gasteiger partial charge >= 0.3 is 0 Å². The lowest BCUT2D eigenvalue weighted by atomic mass is 9.87. The fourth-order valence-electron chi connectivity index (χ4n) is 4.04. The molecule has 4 aromatic rings. The van der Waals surface area contributed by atoms with Crippen LogP contribution in [0.3, 0.4) is 0 Å². The molecule has 0 spiro atoms. The van der Waals surface area contributed by atoms with E-state index in [1.807, 2.05) is 24.3 Å². The van der Waals surface area contributed by atoms with Crippen LogP contribution in [0.4, 0.5) is 0 Å². The number of aromatic nitrogens is 1. The van der Waals surface area contributed by atoms with Crippen molar-refractivity contribution in [2.24, 2.45) is 0 Å². The normalized spacial score (nSPS) is 13.0. The maximum absolute atomic E-state index is 10.6. The Morgan fingerprint density at radius 2 is 1.45 bits per heavy atom. The third-order valence-electron chi connectivity index (χ3n) is 5.72. The zero-order valence-corrected chi connectivity index (χ0v) is 18.6. The number of nitrogens with zero attached hydrogens (tertiary/aromatic N) is 1. The predicted molar refractivity (Wildman–Crippen MR) is 129 cm³/mol. The van der Waals surface area contributed by atoms with Crippen molar-refractivity contribution in [3.8, 4) is 5.75 Å². The summed E-state index contributed by atoms with van der Waals surface area (Å²) in [6, 6.07) is 25.0. The molecule has 0 amide bonds. The van der Waals surface area contributed by atoms with Gasteiger partial charge in [-0.25, -0.2) is 0 Å². The molecule has 0 saturated carbocycles. The molecule has 0 unspecified atom stereocenters. The molecule has 4 rings (SSSR count). The number of fused-ring (bicyclic) bond motifs is 3. The van der Waals surface area contributed by atoms with Gasteiger partial charge in [-0.1, -0.05) is 69.3 Å². The van der Waals surface area contributed by atoms with Crippen molar-refractivity contribution < 1.29 is 9.84 Å². The number of hydrogen-bond donors (Lipinski definition) is 2. The third kappa shape index (κ3) is 4.92. The first kappa shape index (κ1) is 21.4. The number of hydrogen-bond acceptors (Lipinski definition) is 3. The number of ether oxygens (including phenoxy) is 1. The van der Waals surface area contributed by atoms with Gasteiger partial charge in [0.2, 0.25) is 0 Å². The number of aliphatic hydroxyl groups excluding tert-OH is 1. The second kappa shape index (κ2) is 9.13. The summed E-state index contributed by atoms with van der Waals surface area (Å²) in [5, 5.41) is 16.4. The van der Waals surface area contributed by atoms with Crippen LogP contribution in [0.5, 0.6) is 5.75 Å². The van der Waals surface area contributed by atoms with Crippen LogP contribution in [0, 0.1) is 0 Å². The molecule has 0 aliphatic heterocycles. The van der Waals surface area contributed by atoms with Gasteiger partial charge in [0, 0.05) is 34.9 Å². The van der Waals surface area contributed by atoms with E-state index in [0.29, 0.717) is 26.2 Å². The van der Waals surface area contributed by atoms with Gasteiger partial charge in [0.05, 0.1) is 12.6 Å².